The summed E-state index contributed by atoms with van der Waals surface area (Å²) in [7, 11) is 0. The van der Waals surface area contributed by atoms with E-state index in [0.29, 0.717) is 5.92 Å². The van der Waals surface area contributed by atoms with Crippen LogP contribution in [-0.2, 0) is 0 Å². The summed E-state index contributed by atoms with van der Waals surface area (Å²) in [5.74, 6) is -0.0489. The first kappa shape index (κ1) is 11.8. The first-order valence-corrected chi connectivity index (χ1v) is 6.14. The largest absolute Gasteiger partial charge is 0.504 e. The number of nitrogens with zero attached hydrogens (tertiary/aromatic N) is 1. The molecule has 2 N–H and O–H groups in total. The first-order valence-electron chi connectivity index (χ1n) is 6.14. The molecule has 1 atom stereocenters. The molecule has 90 valence electrons. The van der Waals surface area contributed by atoms with Gasteiger partial charge in [0, 0.05) is 0 Å². The van der Waals surface area contributed by atoms with Crippen molar-refractivity contribution in [2.45, 2.75) is 38.0 Å². The lowest BCUT2D eigenvalue weighted by molar-refractivity contribution is 0.334. The van der Waals surface area contributed by atoms with Crippen LogP contribution in [0.5, 0.6) is 11.5 Å². The van der Waals surface area contributed by atoms with Crippen molar-refractivity contribution in [1.29, 1.82) is 5.26 Å². The molecule has 2 rings (SSSR count). The van der Waals surface area contributed by atoms with E-state index in [0.717, 1.165) is 18.4 Å². The van der Waals surface area contributed by atoms with Gasteiger partial charge in [0.1, 0.15) is 0 Å². The summed E-state index contributed by atoms with van der Waals surface area (Å²) in [6.45, 7) is 0. The van der Waals surface area contributed by atoms with E-state index in [2.05, 4.69) is 6.07 Å². The molecule has 17 heavy (non-hydrogen) atoms. The van der Waals surface area contributed by atoms with E-state index in [9.17, 15) is 15.5 Å². The maximum absolute atomic E-state index is 9.48. The Bertz CT molecular complexity index is 430. The van der Waals surface area contributed by atoms with E-state index < -0.39 is 0 Å². The Kier molecular flexibility index (Phi) is 3.53. The van der Waals surface area contributed by atoms with Crippen LogP contribution in [0.2, 0.25) is 0 Å². The summed E-state index contributed by atoms with van der Waals surface area (Å²) >= 11 is 0. The van der Waals surface area contributed by atoms with Crippen LogP contribution in [0.1, 0.15) is 43.6 Å². The van der Waals surface area contributed by atoms with E-state index >= 15 is 0 Å². The van der Waals surface area contributed by atoms with Crippen LogP contribution in [0, 0.1) is 17.2 Å². The number of aromatic hydroxyl groups is 2. The summed E-state index contributed by atoms with van der Waals surface area (Å²) in [5.41, 5.74) is 0.815. The molecule has 0 saturated heterocycles. The molecular formula is C14H17NO2. The van der Waals surface area contributed by atoms with E-state index in [4.69, 9.17) is 0 Å². The predicted molar refractivity (Wildman–Crippen MR) is 64.7 cm³/mol. The van der Waals surface area contributed by atoms with Gasteiger partial charge in [-0.25, -0.2) is 0 Å². The second-order valence-corrected chi connectivity index (χ2v) is 4.75. The van der Waals surface area contributed by atoms with Crippen LogP contribution in [0.3, 0.4) is 0 Å². The van der Waals surface area contributed by atoms with Gasteiger partial charge >= 0.3 is 0 Å². The van der Waals surface area contributed by atoms with Crippen molar-refractivity contribution in [2.24, 2.45) is 5.92 Å². The highest BCUT2D eigenvalue weighted by atomic mass is 16.3. The third kappa shape index (κ3) is 2.52. The topological polar surface area (TPSA) is 64.2 Å². The molecule has 0 aliphatic heterocycles. The van der Waals surface area contributed by atoms with Crippen molar-refractivity contribution >= 4 is 0 Å². The molecule has 0 amide bonds. The number of phenols is 2. The van der Waals surface area contributed by atoms with Gasteiger partial charge < -0.3 is 10.2 Å². The molecule has 0 radical (unpaired) electrons. The number of benzene rings is 1. The molecule has 3 heteroatoms. The van der Waals surface area contributed by atoms with E-state index in [-0.39, 0.29) is 17.4 Å². The first-order chi connectivity index (χ1) is 8.22. The van der Waals surface area contributed by atoms with E-state index in [1.807, 2.05) is 0 Å². The lowest BCUT2D eigenvalue weighted by atomic mass is 9.77. The molecule has 0 spiro atoms. The van der Waals surface area contributed by atoms with Gasteiger partial charge in [-0.3, -0.25) is 0 Å². The molecule has 1 aliphatic rings. The highest BCUT2D eigenvalue weighted by molar-refractivity contribution is 5.43. The highest BCUT2D eigenvalue weighted by Gasteiger charge is 2.25. The molecule has 0 bridgehead atoms. The van der Waals surface area contributed by atoms with Gasteiger partial charge in [0.25, 0.3) is 0 Å². The molecule has 0 unspecified atom stereocenters. The maximum atomic E-state index is 9.48. The van der Waals surface area contributed by atoms with Gasteiger partial charge in [0.2, 0.25) is 0 Å². The third-order valence-corrected chi connectivity index (χ3v) is 3.62. The monoisotopic (exact) mass is 231 g/mol. The van der Waals surface area contributed by atoms with Crippen molar-refractivity contribution in [2.75, 3.05) is 0 Å². The second-order valence-electron chi connectivity index (χ2n) is 4.75. The normalized spacial score (nSPS) is 18.5. The van der Waals surface area contributed by atoms with Crippen LogP contribution in [0.15, 0.2) is 18.2 Å². The number of phenolic OH excluding ortho intramolecular Hbond substituents is 2. The van der Waals surface area contributed by atoms with Crippen LogP contribution in [0.25, 0.3) is 0 Å². The quantitative estimate of drug-likeness (QED) is 0.768. The fraction of sp³-hybridized carbons (Fsp3) is 0.500. The lowest BCUT2D eigenvalue weighted by Crippen LogP contribution is -2.15. The molecule has 1 saturated carbocycles. The summed E-state index contributed by atoms with van der Waals surface area (Å²) in [6, 6.07) is 7.04. The zero-order valence-corrected chi connectivity index (χ0v) is 9.76. The Morgan fingerprint density at radius 2 is 1.82 bits per heavy atom. The fourth-order valence-electron chi connectivity index (χ4n) is 2.65. The van der Waals surface area contributed by atoms with Crippen LogP contribution in [0.4, 0.5) is 0 Å². The Labute approximate surface area is 101 Å². The van der Waals surface area contributed by atoms with Gasteiger partial charge in [-0.15, -0.1) is 0 Å². The van der Waals surface area contributed by atoms with Crippen molar-refractivity contribution in [3.05, 3.63) is 23.8 Å². The summed E-state index contributed by atoms with van der Waals surface area (Å²) in [6.07, 6.45) is 5.80. The Morgan fingerprint density at radius 3 is 2.41 bits per heavy atom. The zero-order valence-electron chi connectivity index (χ0n) is 9.76. The summed E-state index contributed by atoms with van der Waals surface area (Å²) < 4.78 is 0. The summed E-state index contributed by atoms with van der Waals surface area (Å²) in [4.78, 5) is 0. The molecule has 0 heterocycles. The van der Waals surface area contributed by atoms with Gasteiger partial charge in [0.15, 0.2) is 11.5 Å². The van der Waals surface area contributed by atoms with Crippen LogP contribution >= 0.6 is 0 Å². The van der Waals surface area contributed by atoms with Crippen LogP contribution in [-0.4, -0.2) is 10.2 Å². The number of hydrogen-bond donors (Lipinski definition) is 2. The molecule has 3 nitrogen and oxygen atoms in total. The van der Waals surface area contributed by atoms with Crippen molar-refractivity contribution in [3.63, 3.8) is 0 Å². The SMILES string of the molecule is N#C[C@@H](c1ccc(O)c(O)c1)C1CCCCC1. The molecule has 1 aliphatic carbocycles. The van der Waals surface area contributed by atoms with Gasteiger partial charge in [-0.05, 0) is 36.5 Å². The number of hydrogen-bond acceptors (Lipinski definition) is 3. The molecule has 0 aromatic heterocycles. The predicted octanol–water partition coefficient (Wildman–Crippen LogP) is 3.29. The van der Waals surface area contributed by atoms with Crippen LogP contribution < -0.4 is 0 Å². The highest BCUT2D eigenvalue weighted by Crippen LogP contribution is 2.38. The smallest absolute Gasteiger partial charge is 0.157 e. The second kappa shape index (κ2) is 5.09. The maximum Gasteiger partial charge on any atom is 0.157 e. The third-order valence-electron chi connectivity index (χ3n) is 3.62. The average molecular weight is 231 g/mol. The van der Waals surface area contributed by atoms with Crippen molar-refractivity contribution in [1.82, 2.24) is 0 Å². The number of nitriles is 1. The summed E-state index contributed by atoms with van der Waals surface area (Å²) in [5, 5.41) is 28.1. The van der Waals surface area contributed by atoms with Gasteiger partial charge in [-0.2, -0.15) is 5.26 Å². The standard InChI is InChI=1S/C14H17NO2/c15-9-12(10-4-2-1-3-5-10)11-6-7-13(16)14(17)8-11/h6-8,10,12,16-17H,1-5H2/t12-/m1/s1. The van der Waals surface area contributed by atoms with Gasteiger partial charge in [-0.1, -0.05) is 25.3 Å². The van der Waals surface area contributed by atoms with Gasteiger partial charge in [0.05, 0.1) is 12.0 Å². The minimum atomic E-state index is -0.165. The molecule has 1 aromatic rings. The minimum absolute atomic E-state index is 0.130. The van der Waals surface area contributed by atoms with E-state index in [1.54, 1.807) is 6.07 Å². The van der Waals surface area contributed by atoms with Crippen molar-refractivity contribution < 1.29 is 10.2 Å². The minimum Gasteiger partial charge on any atom is -0.504 e. The molecule has 1 fully saturated rings. The molecular weight excluding hydrogens is 214 g/mol. The van der Waals surface area contributed by atoms with E-state index in [1.165, 1.54) is 31.4 Å². The van der Waals surface area contributed by atoms with Crippen molar-refractivity contribution in [3.8, 4) is 17.6 Å². The Morgan fingerprint density at radius 1 is 1.12 bits per heavy atom. The average Bonchev–Trinajstić information content (AvgIpc) is 2.36. The Hall–Kier alpha value is -1.69. The zero-order chi connectivity index (χ0) is 12.3. The molecule has 1 aromatic carbocycles. The lowest BCUT2D eigenvalue weighted by Gasteiger charge is -2.26. The fourth-order valence-corrected chi connectivity index (χ4v) is 2.65. The number of rotatable bonds is 2. The Balaban J connectivity index is 2.22.